The summed E-state index contributed by atoms with van der Waals surface area (Å²) < 4.78 is 41.0. The molecule has 2 rings (SSSR count). The third-order valence-corrected chi connectivity index (χ3v) is 4.46. The first-order valence-electron chi connectivity index (χ1n) is 5.94. The Morgan fingerprint density at radius 1 is 1.48 bits per heavy atom. The Kier molecular flexibility index (Phi) is 3.97. The number of anilines is 1. The van der Waals surface area contributed by atoms with E-state index in [-0.39, 0.29) is 24.2 Å². The number of amides is 1. The van der Waals surface area contributed by atoms with Crippen molar-refractivity contribution in [2.45, 2.75) is 11.7 Å². The zero-order valence-electron chi connectivity index (χ0n) is 11.1. The minimum atomic E-state index is -3.87. The van der Waals surface area contributed by atoms with E-state index >= 15 is 0 Å². The smallest absolute Gasteiger partial charge is 0.337 e. The quantitative estimate of drug-likeness (QED) is 0.790. The fourth-order valence-corrected chi connectivity index (χ4v) is 2.83. The van der Waals surface area contributed by atoms with E-state index in [4.69, 9.17) is 5.14 Å². The van der Waals surface area contributed by atoms with Crippen LogP contribution < -0.4 is 10.0 Å². The number of nitrogens with two attached hydrogens (primary N) is 1. The van der Waals surface area contributed by atoms with Crippen molar-refractivity contribution >= 4 is 27.6 Å². The number of hydrogen-bond donors (Lipinski definition) is 1. The van der Waals surface area contributed by atoms with Gasteiger partial charge >= 0.3 is 5.97 Å². The number of carbonyl (C=O) groups excluding carboxylic acids is 2. The maximum absolute atomic E-state index is 14.0. The molecular weight excluding hydrogens is 303 g/mol. The highest BCUT2D eigenvalue weighted by atomic mass is 32.2. The zero-order chi connectivity index (χ0) is 15.8. The molecule has 1 amide bonds. The summed E-state index contributed by atoms with van der Waals surface area (Å²) in [5, 5.41) is 3.94. The number of carbonyl (C=O) groups is 2. The van der Waals surface area contributed by atoms with Crippen molar-refractivity contribution < 1.29 is 27.1 Å². The van der Waals surface area contributed by atoms with E-state index in [0.29, 0.717) is 0 Å². The van der Waals surface area contributed by atoms with Crippen LogP contribution >= 0.6 is 0 Å². The molecule has 1 aromatic rings. The van der Waals surface area contributed by atoms with E-state index in [1.165, 1.54) is 12.1 Å². The van der Waals surface area contributed by atoms with Gasteiger partial charge in [-0.05, 0) is 18.2 Å². The molecule has 1 unspecified atom stereocenters. The van der Waals surface area contributed by atoms with E-state index in [1.54, 1.807) is 0 Å². The summed E-state index contributed by atoms with van der Waals surface area (Å²) in [4.78, 5) is 24.1. The topological polar surface area (TPSA) is 107 Å². The third kappa shape index (κ3) is 3.03. The van der Waals surface area contributed by atoms with Gasteiger partial charge in [0.25, 0.3) is 0 Å². The predicted molar refractivity (Wildman–Crippen MR) is 71.6 cm³/mol. The average molecular weight is 316 g/mol. The molecule has 7 nitrogen and oxygen atoms in total. The van der Waals surface area contributed by atoms with Crippen LogP contribution in [-0.4, -0.2) is 39.2 Å². The minimum absolute atomic E-state index is 0.00612. The second-order valence-electron chi connectivity index (χ2n) is 4.58. The number of nitrogens with zero attached hydrogens (tertiary/aromatic N) is 1. The molecule has 0 saturated carbocycles. The Morgan fingerprint density at radius 2 is 2.14 bits per heavy atom. The van der Waals surface area contributed by atoms with Crippen molar-refractivity contribution in [3.8, 4) is 0 Å². The van der Waals surface area contributed by atoms with Gasteiger partial charge in [-0.1, -0.05) is 0 Å². The summed E-state index contributed by atoms with van der Waals surface area (Å²) in [5.41, 5.74) is -0.104. The normalized spacial score (nSPS) is 18.9. The van der Waals surface area contributed by atoms with Crippen LogP contribution in [-0.2, 0) is 19.6 Å². The molecule has 1 aliphatic heterocycles. The molecule has 114 valence electrons. The summed E-state index contributed by atoms with van der Waals surface area (Å²) in [6, 6.07) is 3.45. The van der Waals surface area contributed by atoms with Crippen molar-refractivity contribution in [1.29, 1.82) is 0 Å². The van der Waals surface area contributed by atoms with Crippen LogP contribution in [0.1, 0.15) is 16.8 Å². The molecule has 9 heteroatoms. The summed E-state index contributed by atoms with van der Waals surface area (Å²) in [5.74, 6) is -2.07. The van der Waals surface area contributed by atoms with Crippen molar-refractivity contribution in [1.82, 2.24) is 0 Å². The summed E-state index contributed by atoms with van der Waals surface area (Å²) in [6.07, 6.45) is -0.295. The van der Waals surface area contributed by atoms with Gasteiger partial charge in [0.1, 0.15) is 11.1 Å². The molecule has 1 saturated heterocycles. The van der Waals surface area contributed by atoms with Crippen molar-refractivity contribution in [2.75, 3.05) is 18.6 Å². The molecule has 0 spiro atoms. The standard InChI is InChI=1S/C12H13FN2O5S/c1-20-12(17)7-2-3-10(9(13)4-7)15-6-8(5-11(15)16)21(14,18)19/h2-4,8H,5-6H2,1H3,(H2,14,18,19). The Balaban J connectivity index is 2.31. The largest absolute Gasteiger partial charge is 0.465 e. The molecule has 1 aliphatic rings. The van der Waals surface area contributed by atoms with Crippen molar-refractivity contribution in [3.05, 3.63) is 29.6 Å². The molecule has 0 aliphatic carbocycles. The van der Waals surface area contributed by atoms with Crippen LogP contribution in [0.4, 0.5) is 10.1 Å². The summed E-state index contributed by atoms with van der Waals surface area (Å²) in [7, 11) is -2.71. The van der Waals surface area contributed by atoms with Crippen molar-refractivity contribution in [3.63, 3.8) is 0 Å². The molecule has 1 heterocycles. The van der Waals surface area contributed by atoms with Crippen molar-refractivity contribution in [2.24, 2.45) is 5.14 Å². The van der Waals surface area contributed by atoms with Gasteiger partial charge < -0.3 is 9.64 Å². The molecule has 1 atom stereocenters. The van der Waals surface area contributed by atoms with Gasteiger partial charge in [0.05, 0.1) is 18.4 Å². The number of methoxy groups -OCH3 is 1. The number of hydrogen-bond acceptors (Lipinski definition) is 5. The Labute approximate surface area is 120 Å². The van der Waals surface area contributed by atoms with Crippen LogP contribution in [0.2, 0.25) is 0 Å². The fourth-order valence-electron chi connectivity index (χ4n) is 2.10. The number of halogens is 1. The molecule has 1 fully saturated rings. The molecule has 1 aromatic carbocycles. The highest BCUT2D eigenvalue weighted by Crippen LogP contribution is 2.27. The average Bonchev–Trinajstić information content (AvgIpc) is 2.79. The lowest BCUT2D eigenvalue weighted by Crippen LogP contribution is -2.32. The van der Waals surface area contributed by atoms with E-state index in [9.17, 15) is 22.4 Å². The minimum Gasteiger partial charge on any atom is -0.465 e. The zero-order valence-corrected chi connectivity index (χ0v) is 11.9. The molecule has 0 bridgehead atoms. The van der Waals surface area contributed by atoms with Gasteiger partial charge in [0.15, 0.2) is 0 Å². The molecule has 2 N–H and O–H groups in total. The third-order valence-electron chi connectivity index (χ3n) is 3.21. The van der Waals surface area contributed by atoms with Gasteiger partial charge in [-0.3, -0.25) is 4.79 Å². The van der Waals surface area contributed by atoms with E-state index in [2.05, 4.69) is 4.74 Å². The maximum atomic E-state index is 14.0. The molecule has 21 heavy (non-hydrogen) atoms. The predicted octanol–water partition coefficient (Wildman–Crippen LogP) is 0.00610. The number of primary sulfonamides is 1. The van der Waals surface area contributed by atoms with Gasteiger partial charge in [-0.2, -0.15) is 0 Å². The maximum Gasteiger partial charge on any atom is 0.337 e. The van der Waals surface area contributed by atoms with E-state index in [0.717, 1.165) is 18.1 Å². The van der Waals surface area contributed by atoms with Gasteiger partial charge in [0, 0.05) is 13.0 Å². The van der Waals surface area contributed by atoms with Crippen LogP contribution in [0, 0.1) is 5.82 Å². The van der Waals surface area contributed by atoms with Crippen LogP contribution in [0.15, 0.2) is 18.2 Å². The Morgan fingerprint density at radius 3 is 2.62 bits per heavy atom. The SMILES string of the molecule is COC(=O)c1ccc(N2CC(S(N)(=O)=O)CC2=O)c(F)c1. The van der Waals surface area contributed by atoms with E-state index in [1.807, 2.05) is 0 Å². The lowest BCUT2D eigenvalue weighted by atomic mass is 10.2. The monoisotopic (exact) mass is 316 g/mol. The Hall–Kier alpha value is -2.00. The number of rotatable bonds is 3. The second kappa shape index (κ2) is 5.41. The number of benzene rings is 1. The summed E-state index contributed by atoms with van der Waals surface area (Å²) in [6.45, 7) is -0.216. The highest BCUT2D eigenvalue weighted by Gasteiger charge is 2.38. The van der Waals surface area contributed by atoms with Gasteiger partial charge in [-0.15, -0.1) is 0 Å². The van der Waals surface area contributed by atoms with Crippen LogP contribution in [0.25, 0.3) is 0 Å². The van der Waals surface area contributed by atoms with E-state index < -0.39 is 33.0 Å². The lowest BCUT2D eigenvalue weighted by molar-refractivity contribution is -0.117. The summed E-state index contributed by atoms with van der Waals surface area (Å²) >= 11 is 0. The fraction of sp³-hybridized carbons (Fsp3) is 0.333. The highest BCUT2D eigenvalue weighted by molar-refractivity contribution is 7.89. The first-order chi connectivity index (χ1) is 9.74. The number of esters is 1. The van der Waals surface area contributed by atoms with Crippen LogP contribution in [0.5, 0.6) is 0 Å². The van der Waals surface area contributed by atoms with Crippen LogP contribution in [0.3, 0.4) is 0 Å². The first kappa shape index (κ1) is 15.4. The number of sulfonamides is 1. The first-order valence-corrected chi connectivity index (χ1v) is 7.55. The second-order valence-corrected chi connectivity index (χ2v) is 6.42. The van der Waals surface area contributed by atoms with Gasteiger partial charge in [0.2, 0.25) is 15.9 Å². The van der Waals surface area contributed by atoms with Gasteiger partial charge in [-0.25, -0.2) is 22.7 Å². The molecule has 0 aromatic heterocycles. The molecular formula is C12H13FN2O5S. The molecule has 0 radical (unpaired) electrons. The Bertz CT molecular complexity index is 704. The number of ether oxygens (including phenoxy) is 1. The lowest BCUT2D eigenvalue weighted by Gasteiger charge is -2.17.